The molecule has 1 aromatic heterocycles. The first-order chi connectivity index (χ1) is 16.6. The average Bonchev–Trinajstić information content (AvgIpc) is 2.85. The summed E-state index contributed by atoms with van der Waals surface area (Å²) in [7, 11) is 3.09. The first-order valence-electron chi connectivity index (χ1n) is 11.0. The summed E-state index contributed by atoms with van der Waals surface area (Å²) >= 11 is 0. The quantitative estimate of drug-likeness (QED) is 0.408. The van der Waals surface area contributed by atoms with Crippen LogP contribution in [-0.2, 0) is 11.0 Å². The summed E-state index contributed by atoms with van der Waals surface area (Å²) < 4.78 is 58.0. The van der Waals surface area contributed by atoms with Crippen LogP contribution in [0.4, 0.5) is 17.6 Å². The molecule has 0 spiro atoms. The van der Waals surface area contributed by atoms with E-state index in [1.54, 1.807) is 57.5 Å². The van der Waals surface area contributed by atoms with Crippen molar-refractivity contribution in [2.45, 2.75) is 31.5 Å². The van der Waals surface area contributed by atoms with Crippen molar-refractivity contribution in [1.82, 2.24) is 15.6 Å². The predicted molar refractivity (Wildman–Crippen MR) is 125 cm³/mol. The van der Waals surface area contributed by atoms with Gasteiger partial charge in [-0.05, 0) is 66.4 Å². The molecule has 0 radical (unpaired) electrons. The Kier molecular flexibility index (Phi) is 8.45. The number of nitrogens with one attached hydrogen (secondary N) is 2. The number of hydrogen-bond donors (Lipinski definition) is 2. The van der Waals surface area contributed by atoms with E-state index < -0.39 is 17.9 Å². The zero-order valence-corrected chi connectivity index (χ0v) is 19.6. The van der Waals surface area contributed by atoms with Crippen molar-refractivity contribution < 1.29 is 27.1 Å². The summed E-state index contributed by atoms with van der Waals surface area (Å²) in [5, 5.41) is 5.87. The van der Waals surface area contributed by atoms with Crippen molar-refractivity contribution in [2.75, 3.05) is 20.7 Å². The number of hydrogen-bond acceptors (Lipinski definition) is 4. The summed E-state index contributed by atoms with van der Waals surface area (Å²) in [6.07, 6.45) is -2.91. The van der Waals surface area contributed by atoms with Gasteiger partial charge in [-0.25, -0.2) is 4.39 Å². The van der Waals surface area contributed by atoms with Gasteiger partial charge in [0.1, 0.15) is 23.3 Å². The third-order valence-electron chi connectivity index (χ3n) is 5.80. The Balaban J connectivity index is 1.84. The number of benzene rings is 2. The highest BCUT2D eigenvalue weighted by atomic mass is 19.4. The molecule has 0 fully saturated rings. The van der Waals surface area contributed by atoms with Crippen LogP contribution in [0.2, 0.25) is 0 Å². The molecule has 2 N–H and O–H groups in total. The molecule has 9 heteroatoms. The number of likely N-dealkylation sites (N-methyl/N-ethyl adjacent to an activating group) is 1. The van der Waals surface area contributed by atoms with Gasteiger partial charge in [0.25, 0.3) is 0 Å². The highest BCUT2D eigenvalue weighted by Crippen LogP contribution is 2.32. The molecule has 35 heavy (non-hydrogen) atoms. The van der Waals surface area contributed by atoms with Gasteiger partial charge in [-0.3, -0.25) is 9.78 Å². The minimum absolute atomic E-state index is 0.236. The molecule has 1 amide bonds. The Hall–Kier alpha value is -3.46. The number of aromatic nitrogens is 1. The van der Waals surface area contributed by atoms with Crippen LogP contribution < -0.4 is 15.4 Å². The number of halogens is 4. The third kappa shape index (κ3) is 6.57. The number of pyridine rings is 1. The molecular formula is C26H27F4N3O2. The van der Waals surface area contributed by atoms with Crippen LogP contribution in [0.15, 0.2) is 60.8 Å². The summed E-state index contributed by atoms with van der Waals surface area (Å²) in [4.78, 5) is 16.1. The van der Waals surface area contributed by atoms with Gasteiger partial charge in [0, 0.05) is 19.2 Å². The van der Waals surface area contributed by atoms with Crippen LogP contribution in [0.25, 0.3) is 0 Å². The standard InChI is InChI=1S/C26H27F4N3O2/c1-16-14-18(6-10-22(16)27)21(19-7-11-23(33-15-19)26(28,29)30)12-13-32-24(25(34)31-2)17-4-8-20(35-3)9-5-17/h4-11,14-15,21,24,32H,12-13H2,1-3H3,(H,31,34)/t21-,24+/m1/s1. The third-order valence-corrected chi connectivity index (χ3v) is 5.80. The van der Waals surface area contributed by atoms with Gasteiger partial charge in [0.15, 0.2) is 0 Å². The highest BCUT2D eigenvalue weighted by Gasteiger charge is 2.32. The second-order valence-electron chi connectivity index (χ2n) is 8.10. The van der Waals surface area contributed by atoms with Crippen LogP contribution in [0.5, 0.6) is 5.75 Å². The van der Waals surface area contributed by atoms with E-state index in [1.807, 2.05) is 0 Å². The lowest BCUT2D eigenvalue weighted by molar-refractivity contribution is -0.141. The van der Waals surface area contributed by atoms with Crippen LogP contribution in [0.3, 0.4) is 0 Å². The van der Waals surface area contributed by atoms with Gasteiger partial charge in [-0.2, -0.15) is 13.2 Å². The van der Waals surface area contributed by atoms with Gasteiger partial charge in [0.05, 0.1) is 7.11 Å². The molecule has 2 aromatic carbocycles. The number of rotatable bonds is 9. The molecule has 0 saturated carbocycles. The number of carbonyl (C=O) groups excluding carboxylic acids is 1. The van der Waals surface area contributed by atoms with E-state index in [0.29, 0.717) is 29.8 Å². The van der Waals surface area contributed by atoms with Gasteiger partial charge >= 0.3 is 6.18 Å². The lowest BCUT2D eigenvalue weighted by Crippen LogP contribution is -2.36. The first-order valence-corrected chi connectivity index (χ1v) is 11.0. The SMILES string of the molecule is CNC(=O)[C@@H](NCC[C@@H](c1ccc(C(F)(F)F)nc1)c1ccc(F)c(C)c1)c1ccc(OC)cc1. The van der Waals surface area contributed by atoms with E-state index in [2.05, 4.69) is 15.6 Å². The van der Waals surface area contributed by atoms with E-state index in [0.717, 1.165) is 17.2 Å². The molecule has 0 aliphatic heterocycles. The lowest BCUT2D eigenvalue weighted by Gasteiger charge is -2.22. The molecule has 3 rings (SSSR count). The number of nitrogens with zero attached hydrogens (tertiary/aromatic N) is 1. The second kappa shape index (κ2) is 11.3. The lowest BCUT2D eigenvalue weighted by atomic mass is 9.88. The van der Waals surface area contributed by atoms with Crippen LogP contribution in [0, 0.1) is 12.7 Å². The fraction of sp³-hybridized carbons (Fsp3) is 0.308. The average molecular weight is 490 g/mol. The minimum Gasteiger partial charge on any atom is -0.497 e. The molecule has 0 bridgehead atoms. The summed E-state index contributed by atoms with van der Waals surface area (Å²) in [6.45, 7) is 1.98. The molecule has 0 aliphatic carbocycles. The van der Waals surface area contributed by atoms with Crippen LogP contribution >= 0.6 is 0 Å². The number of methoxy groups -OCH3 is 1. The zero-order valence-electron chi connectivity index (χ0n) is 19.6. The van der Waals surface area contributed by atoms with Crippen molar-refractivity contribution >= 4 is 5.91 Å². The van der Waals surface area contributed by atoms with Gasteiger partial charge in [-0.15, -0.1) is 0 Å². The second-order valence-corrected chi connectivity index (χ2v) is 8.10. The van der Waals surface area contributed by atoms with Crippen LogP contribution in [-0.4, -0.2) is 31.6 Å². The topological polar surface area (TPSA) is 63.2 Å². The van der Waals surface area contributed by atoms with Crippen molar-refractivity contribution in [3.63, 3.8) is 0 Å². The largest absolute Gasteiger partial charge is 0.497 e. The summed E-state index contributed by atoms with van der Waals surface area (Å²) in [5.41, 5.74) is 1.49. The van der Waals surface area contributed by atoms with Crippen molar-refractivity contribution in [2.24, 2.45) is 0 Å². The molecule has 0 unspecified atom stereocenters. The molecule has 0 saturated heterocycles. The van der Waals surface area contributed by atoms with E-state index >= 15 is 0 Å². The van der Waals surface area contributed by atoms with Crippen molar-refractivity contribution in [3.8, 4) is 5.75 Å². The monoisotopic (exact) mass is 489 g/mol. The van der Waals surface area contributed by atoms with Crippen molar-refractivity contribution in [3.05, 3.63) is 94.6 Å². The van der Waals surface area contributed by atoms with Gasteiger partial charge < -0.3 is 15.4 Å². The molecule has 186 valence electrons. The van der Waals surface area contributed by atoms with Gasteiger partial charge in [-0.1, -0.05) is 30.3 Å². The Morgan fingerprint density at radius 3 is 2.23 bits per heavy atom. The number of aryl methyl sites for hydroxylation is 1. The Morgan fingerprint density at radius 1 is 1.03 bits per heavy atom. The fourth-order valence-corrected chi connectivity index (χ4v) is 3.86. The Morgan fingerprint density at radius 2 is 1.69 bits per heavy atom. The number of alkyl halides is 3. The van der Waals surface area contributed by atoms with Crippen molar-refractivity contribution in [1.29, 1.82) is 0 Å². The molecule has 0 aliphatic rings. The first kappa shape index (κ1) is 26.2. The zero-order chi connectivity index (χ0) is 25.6. The maximum Gasteiger partial charge on any atom is 0.433 e. The highest BCUT2D eigenvalue weighted by molar-refractivity contribution is 5.82. The summed E-state index contributed by atoms with van der Waals surface area (Å²) in [5.74, 6) is -0.306. The Labute approximate surface area is 201 Å². The minimum atomic E-state index is -4.54. The predicted octanol–water partition coefficient (Wildman–Crippen LogP) is 5.16. The number of amides is 1. The molecule has 1 heterocycles. The van der Waals surface area contributed by atoms with E-state index in [9.17, 15) is 22.4 Å². The summed E-state index contributed by atoms with van der Waals surface area (Å²) in [6, 6.07) is 13.4. The smallest absolute Gasteiger partial charge is 0.433 e. The van der Waals surface area contributed by atoms with E-state index in [-0.39, 0.29) is 17.6 Å². The maximum atomic E-state index is 13.9. The van der Waals surface area contributed by atoms with Gasteiger partial charge in [0.2, 0.25) is 5.91 Å². The molecule has 3 aromatic rings. The van der Waals surface area contributed by atoms with Crippen LogP contribution in [0.1, 0.15) is 46.3 Å². The molecule has 5 nitrogen and oxygen atoms in total. The number of carbonyl (C=O) groups is 1. The normalized spacial score (nSPS) is 13.2. The maximum absolute atomic E-state index is 13.9. The molecular weight excluding hydrogens is 462 g/mol. The Bertz CT molecular complexity index is 1130. The van der Waals surface area contributed by atoms with E-state index in [1.165, 1.54) is 18.3 Å². The molecule has 2 atom stereocenters. The fourth-order valence-electron chi connectivity index (χ4n) is 3.86. The number of ether oxygens (including phenoxy) is 1. The van der Waals surface area contributed by atoms with E-state index in [4.69, 9.17) is 4.74 Å².